The second-order valence-electron chi connectivity index (χ2n) is 1.37. The van der Waals surface area contributed by atoms with Crippen molar-refractivity contribution in [3.8, 4) is 0 Å². The van der Waals surface area contributed by atoms with Crippen LogP contribution in [-0.4, -0.2) is 11.7 Å². The molecule has 0 rings (SSSR count). The second-order valence-corrected chi connectivity index (χ2v) is 1.95. The molecule has 2 heteroatoms. The van der Waals surface area contributed by atoms with Crippen molar-refractivity contribution < 1.29 is 4.74 Å². The Kier molecular flexibility index (Phi) is 4.56. The standard InChI is InChI=1S/C6H10OS/c1-3-4-5-7-6(2)8/h3-4H,5H2,1-2H3. The molecular weight excluding hydrogens is 120 g/mol. The van der Waals surface area contributed by atoms with Crippen LogP contribution in [0.3, 0.4) is 0 Å². The van der Waals surface area contributed by atoms with Crippen molar-refractivity contribution in [2.75, 3.05) is 6.61 Å². The normalized spacial score (nSPS) is 9.75. The van der Waals surface area contributed by atoms with Crippen molar-refractivity contribution in [2.45, 2.75) is 13.8 Å². The molecule has 0 heterocycles. The van der Waals surface area contributed by atoms with Gasteiger partial charge in [0.15, 0.2) is 5.05 Å². The Balaban J connectivity index is 3.05. The summed E-state index contributed by atoms with van der Waals surface area (Å²) < 4.78 is 4.93. The Bertz CT molecular complexity index is 96.7. The molecule has 0 aromatic heterocycles. The molecule has 0 aromatic carbocycles. The lowest BCUT2D eigenvalue weighted by molar-refractivity contribution is 0.357. The largest absolute Gasteiger partial charge is 0.483 e. The first-order chi connectivity index (χ1) is 3.77. The van der Waals surface area contributed by atoms with Crippen molar-refractivity contribution in [3.05, 3.63) is 12.2 Å². The SMILES string of the molecule is CC=CCOC(C)=S. The average molecular weight is 130 g/mol. The molecule has 0 aromatic rings. The van der Waals surface area contributed by atoms with Gasteiger partial charge in [0.25, 0.3) is 0 Å². The van der Waals surface area contributed by atoms with Crippen LogP contribution in [0.25, 0.3) is 0 Å². The van der Waals surface area contributed by atoms with E-state index in [-0.39, 0.29) is 0 Å². The second kappa shape index (κ2) is 4.78. The Morgan fingerprint density at radius 3 is 2.75 bits per heavy atom. The molecule has 46 valence electrons. The Labute approximate surface area is 55.3 Å². The summed E-state index contributed by atoms with van der Waals surface area (Å²) in [7, 11) is 0. The first-order valence-electron chi connectivity index (χ1n) is 2.52. The highest BCUT2D eigenvalue weighted by Gasteiger charge is 1.79. The fourth-order valence-corrected chi connectivity index (χ4v) is 0.330. The van der Waals surface area contributed by atoms with Crippen molar-refractivity contribution in [2.24, 2.45) is 0 Å². The maximum Gasteiger partial charge on any atom is 0.157 e. The van der Waals surface area contributed by atoms with Crippen molar-refractivity contribution in [3.63, 3.8) is 0 Å². The van der Waals surface area contributed by atoms with Gasteiger partial charge in [0.2, 0.25) is 0 Å². The third-order valence-electron chi connectivity index (χ3n) is 0.619. The number of hydrogen-bond donors (Lipinski definition) is 0. The molecule has 0 spiro atoms. The molecule has 0 aliphatic heterocycles. The molecular formula is C6H10OS. The number of hydrogen-bond acceptors (Lipinski definition) is 2. The van der Waals surface area contributed by atoms with Crippen LogP contribution in [-0.2, 0) is 4.74 Å². The van der Waals surface area contributed by atoms with Crippen LogP contribution in [0.1, 0.15) is 13.8 Å². The van der Waals surface area contributed by atoms with E-state index in [1.165, 1.54) is 0 Å². The van der Waals surface area contributed by atoms with Crippen LogP contribution < -0.4 is 0 Å². The molecule has 0 N–H and O–H groups in total. The molecule has 0 aliphatic rings. The summed E-state index contributed by atoms with van der Waals surface area (Å²) in [5.74, 6) is 0. The van der Waals surface area contributed by atoms with E-state index in [1.54, 1.807) is 6.92 Å². The third kappa shape index (κ3) is 5.63. The van der Waals surface area contributed by atoms with Crippen LogP contribution in [0.2, 0.25) is 0 Å². The van der Waals surface area contributed by atoms with Gasteiger partial charge in [-0.3, -0.25) is 0 Å². The minimum absolute atomic E-state index is 0.600. The topological polar surface area (TPSA) is 9.23 Å². The van der Waals surface area contributed by atoms with E-state index in [1.807, 2.05) is 19.1 Å². The molecule has 8 heavy (non-hydrogen) atoms. The lowest BCUT2D eigenvalue weighted by Crippen LogP contribution is -1.94. The van der Waals surface area contributed by atoms with Crippen molar-refractivity contribution >= 4 is 17.3 Å². The highest BCUT2D eigenvalue weighted by Crippen LogP contribution is 1.80. The first-order valence-corrected chi connectivity index (χ1v) is 2.92. The van der Waals surface area contributed by atoms with Crippen molar-refractivity contribution in [1.29, 1.82) is 0 Å². The van der Waals surface area contributed by atoms with Gasteiger partial charge in [-0.2, -0.15) is 0 Å². The number of allylic oxidation sites excluding steroid dienone is 1. The zero-order valence-electron chi connectivity index (χ0n) is 5.18. The first kappa shape index (κ1) is 7.63. The summed E-state index contributed by atoms with van der Waals surface area (Å²) in [6, 6.07) is 0. The van der Waals surface area contributed by atoms with E-state index in [4.69, 9.17) is 4.74 Å². The van der Waals surface area contributed by atoms with E-state index in [0.717, 1.165) is 0 Å². The van der Waals surface area contributed by atoms with Crippen LogP contribution in [0.15, 0.2) is 12.2 Å². The van der Waals surface area contributed by atoms with Crippen molar-refractivity contribution in [1.82, 2.24) is 0 Å². The lowest BCUT2D eigenvalue weighted by Gasteiger charge is -1.95. The zero-order chi connectivity index (χ0) is 6.41. The quantitative estimate of drug-likeness (QED) is 0.417. The lowest BCUT2D eigenvalue weighted by atomic mass is 10.5. The van der Waals surface area contributed by atoms with Gasteiger partial charge in [-0.25, -0.2) is 0 Å². The maximum absolute atomic E-state index is 4.93. The summed E-state index contributed by atoms with van der Waals surface area (Å²) in [5.41, 5.74) is 0. The molecule has 0 fully saturated rings. The van der Waals surface area contributed by atoms with Gasteiger partial charge < -0.3 is 4.74 Å². The number of ether oxygens (including phenoxy) is 1. The fourth-order valence-electron chi connectivity index (χ4n) is 0.262. The van der Waals surface area contributed by atoms with E-state index < -0.39 is 0 Å². The molecule has 0 aliphatic carbocycles. The fraction of sp³-hybridized carbons (Fsp3) is 0.500. The van der Waals surface area contributed by atoms with Crippen LogP contribution in [0.4, 0.5) is 0 Å². The molecule has 0 amide bonds. The highest BCUT2D eigenvalue weighted by molar-refractivity contribution is 7.80. The van der Waals surface area contributed by atoms with E-state index in [0.29, 0.717) is 11.7 Å². The molecule has 0 saturated heterocycles. The minimum Gasteiger partial charge on any atom is -0.483 e. The monoisotopic (exact) mass is 130 g/mol. The molecule has 0 bridgehead atoms. The smallest absolute Gasteiger partial charge is 0.157 e. The Hall–Kier alpha value is -0.370. The van der Waals surface area contributed by atoms with E-state index in [9.17, 15) is 0 Å². The van der Waals surface area contributed by atoms with E-state index >= 15 is 0 Å². The van der Waals surface area contributed by atoms with Gasteiger partial charge in [-0.15, -0.1) is 0 Å². The average Bonchev–Trinajstić information content (AvgIpc) is 1.66. The van der Waals surface area contributed by atoms with Gasteiger partial charge in [-0.1, -0.05) is 12.2 Å². The van der Waals surface area contributed by atoms with Gasteiger partial charge in [-0.05, 0) is 19.1 Å². The molecule has 0 unspecified atom stereocenters. The molecule has 0 atom stereocenters. The highest BCUT2D eigenvalue weighted by atomic mass is 32.1. The summed E-state index contributed by atoms with van der Waals surface area (Å²) in [4.78, 5) is 0. The predicted octanol–water partition coefficient (Wildman–Crippen LogP) is 1.93. The van der Waals surface area contributed by atoms with Gasteiger partial charge in [0.05, 0.1) is 0 Å². The number of thiocarbonyl (C=S) groups is 1. The third-order valence-corrected chi connectivity index (χ3v) is 0.736. The van der Waals surface area contributed by atoms with Crippen LogP contribution >= 0.6 is 12.2 Å². The summed E-state index contributed by atoms with van der Waals surface area (Å²) in [6.07, 6.45) is 3.84. The minimum atomic E-state index is 0.600. The molecule has 0 radical (unpaired) electrons. The Morgan fingerprint density at radius 2 is 2.38 bits per heavy atom. The van der Waals surface area contributed by atoms with Crippen LogP contribution in [0, 0.1) is 0 Å². The summed E-state index contributed by atoms with van der Waals surface area (Å²) in [5, 5.41) is 0.600. The van der Waals surface area contributed by atoms with Gasteiger partial charge in [0.1, 0.15) is 6.61 Å². The predicted molar refractivity (Wildman–Crippen MR) is 39.0 cm³/mol. The van der Waals surface area contributed by atoms with Crippen LogP contribution in [0.5, 0.6) is 0 Å². The maximum atomic E-state index is 4.93. The van der Waals surface area contributed by atoms with Gasteiger partial charge in [0, 0.05) is 6.92 Å². The zero-order valence-corrected chi connectivity index (χ0v) is 5.99. The van der Waals surface area contributed by atoms with Gasteiger partial charge >= 0.3 is 0 Å². The molecule has 0 saturated carbocycles. The Morgan fingerprint density at radius 1 is 1.75 bits per heavy atom. The summed E-state index contributed by atoms with van der Waals surface area (Å²) >= 11 is 4.65. The summed E-state index contributed by atoms with van der Waals surface area (Å²) in [6.45, 7) is 4.31. The molecule has 1 nitrogen and oxygen atoms in total. The number of rotatable bonds is 2. The van der Waals surface area contributed by atoms with E-state index in [2.05, 4.69) is 12.2 Å².